The maximum absolute atomic E-state index is 12.1. The molecule has 2 fully saturated rings. The minimum Gasteiger partial charge on any atom is -0.444 e. The van der Waals surface area contributed by atoms with E-state index in [2.05, 4.69) is 34.4 Å². The van der Waals surface area contributed by atoms with Crippen molar-refractivity contribution >= 4 is 11.9 Å². The second kappa shape index (κ2) is 5.96. The first-order valence-corrected chi connectivity index (χ1v) is 8.19. The van der Waals surface area contributed by atoms with Crippen molar-refractivity contribution in [1.29, 1.82) is 0 Å². The molecule has 0 aliphatic carbocycles. The van der Waals surface area contributed by atoms with Crippen molar-refractivity contribution in [1.82, 2.24) is 20.5 Å². The van der Waals surface area contributed by atoms with Gasteiger partial charge in [0.15, 0.2) is 0 Å². The zero-order chi connectivity index (χ0) is 16.6. The highest BCUT2D eigenvalue weighted by atomic mass is 16.4. The topological polar surface area (TPSA) is 87.5 Å². The van der Waals surface area contributed by atoms with Crippen LogP contribution in [0.4, 0.5) is 4.79 Å². The van der Waals surface area contributed by atoms with Gasteiger partial charge in [-0.15, -0.1) is 0 Å². The largest absolute Gasteiger partial charge is 0.444 e. The van der Waals surface area contributed by atoms with Gasteiger partial charge in [0.1, 0.15) is 11.3 Å². The van der Waals surface area contributed by atoms with Gasteiger partial charge in [0.25, 0.3) is 5.91 Å². The standard InChI is InChI=1S/C16H24N4O3/c1-10(2)12-7-17-13(23-12)9-20-6-4-5-11(8-20)16(3)14(21)18-15(22)19-16/h7,10-11H,4-6,8-9H2,1-3H3,(H2,18,19,21,22)/t11-,16+/m1/s1. The summed E-state index contributed by atoms with van der Waals surface area (Å²) in [6.07, 6.45) is 3.69. The molecule has 2 N–H and O–H groups in total. The van der Waals surface area contributed by atoms with Crippen molar-refractivity contribution in [2.24, 2.45) is 5.92 Å². The molecule has 0 aromatic carbocycles. The highest BCUT2D eigenvalue weighted by molar-refractivity contribution is 6.06. The molecule has 7 heteroatoms. The van der Waals surface area contributed by atoms with Crippen molar-refractivity contribution < 1.29 is 14.0 Å². The predicted molar refractivity (Wildman–Crippen MR) is 83.7 cm³/mol. The number of carbonyl (C=O) groups excluding carboxylic acids is 2. The summed E-state index contributed by atoms with van der Waals surface area (Å²) in [6, 6.07) is -0.399. The normalized spacial score (nSPS) is 29.0. The molecule has 0 spiro atoms. The fourth-order valence-electron chi connectivity index (χ4n) is 3.37. The monoisotopic (exact) mass is 320 g/mol. The van der Waals surface area contributed by atoms with E-state index in [0.717, 1.165) is 31.7 Å². The van der Waals surface area contributed by atoms with E-state index in [9.17, 15) is 9.59 Å². The Morgan fingerprint density at radius 3 is 2.87 bits per heavy atom. The van der Waals surface area contributed by atoms with Crippen LogP contribution in [0.5, 0.6) is 0 Å². The molecule has 2 atom stereocenters. The Kier molecular flexibility index (Phi) is 4.14. The van der Waals surface area contributed by atoms with Crippen LogP contribution in [-0.2, 0) is 11.3 Å². The number of hydrogen-bond acceptors (Lipinski definition) is 5. The third-order valence-electron chi connectivity index (χ3n) is 4.89. The maximum atomic E-state index is 12.1. The second-order valence-electron chi connectivity index (χ2n) is 7.00. The quantitative estimate of drug-likeness (QED) is 0.823. The summed E-state index contributed by atoms with van der Waals surface area (Å²) in [4.78, 5) is 30.2. The van der Waals surface area contributed by atoms with E-state index in [1.807, 2.05) is 6.92 Å². The number of rotatable bonds is 4. The lowest BCUT2D eigenvalue weighted by atomic mass is 9.80. The van der Waals surface area contributed by atoms with E-state index < -0.39 is 11.6 Å². The lowest BCUT2D eigenvalue weighted by Gasteiger charge is -2.39. The average molecular weight is 320 g/mol. The van der Waals surface area contributed by atoms with E-state index >= 15 is 0 Å². The molecule has 3 rings (SSSR count). The number of imide groups is 1. The van der Waals surface area contributed by atoms with Gasteiger partial charge in [-0.25, -0.2) is 9.78 Å². The van der Waals surface area contributed by atoms with E-state index in [1.165, 1.54) is 0 Å². The molecule has 126 valence electrons. The van der Waals surface area contributed by atoms with Gasteiger partial charge in [-0.1, -0.05) is 13.8 Å². The van der Waals surface area contributed by atoms with Crippen molar-refractivity contribution in [3.8, 4) is 0 Å². The van der Waals surface area contributed by atoms with Gasteiger partial charge in [0, 0.05) is 18.4 Å². The Balaban J connectivity index is 1.66. The summed E-state index contributed by atoms with van der Waals surface area (Å²) in [5.74, 6) is 1.78. The van der Waals surface area contributed by atoms with E-state index in [1.54, 1.807) is 6.20 Å². The molecule has 23 heavy (non-hydrogen) atoms. The number of likely N-dealkylation sites (tertiary alicyclic amines) is 1. The van der Waals surface area contributed by atoms with E-state index in [-0.39, 0.29) is 11.8 Å². The highest BCUT2D eigenvalue weighted by Gasteiger charge is 2.48. The molecule has 3 amide bonds. The van der Waals surface area contributed by atoms with Gasteiger partial charge >= 0.3 is 6.03 Å². The molecule has 0 bridgehead atoms. The minimum absolute atomic E-state index is 0.0854. The molecule has 1 aromatic heterocycles. The summed E-state index contributed by atoms with van der Waals surface area (Å²) in [6.45, 7) is 8.27. The van der Waals surface area contributed by atoms with Gasteiger partial charge < -0.3 is 9.73 Å². The summed E-state index contributed by atoms with van der Waals surface area (Å²) < 4.78 is 5.77. The highest BCUT2D eigenvalue weighted by Crippen LogP contribution is 2.30. The third kappa shape index (κ3) is 3.10. The summed E-state index contributed by atoms with van der Waals surface area (Å²) >= 11 is 0. The number of nitrogens with one attached hydrogen (secondary N) is 2. The Morgan fingerprint density at radius 2 is 2.26 bits per heavy atom. The van der Waals surface area contributed by atoms with E-state index in [0.29, 0.717) is 18.4 Å². The molecular weight excluding hydrogens is 296 g/mol. The average Bonchev–Trinajstić information content (AvgIpc) is 3.05. The molecule has 0 saturated carbocycles. The first-order valence-electron chi connectivity index (χ1n) is 8.19. The van der Waals surface area contributed by atoms with Gasteiger partial charge in [-0.2, -0.15) is 0 Å². The van der Waals surface area contributed by atoms with Crippen LogP contribution in [0.2, 0.25) is 0 Å². The minimum atomic E-state index is -0.824. The van der Waals surface area contributed by atoms with E-state index in [4.69, 9.17) is 4.42 Å². The number of nitrogens with zero attached hydrogens (tertiary/aromatic N) is 2. The SMILES string of the molecule is CC(C)c1cnc(CN2CCC[C@@H]([C@]3(C)NC(=O)NC3=O)C2)o1. The Bertz CT molecular complexity index is 612. The third-order valence-corrected chi connectivity index (χ3v) is 4.89. The molecule has 0 radical (unpaired) electrons. The van der Waals surface area contributed by atoms with Crippen LogP contribution in [-0.4, -0.2) is 40.5 Å². The lowest BCUT2D eigenvalue weighted by molar-refractivity contribution is -0.126. The molecule has 2 aliphatic rings. The first-order chi connectivity index (χ1) is 10.9. The zero-order valence-electron chi connectivity index (χ0n) is 13.9. The molecule has 2 aliphatic heterocycles. The van der Waals surface area contributed by atoms with Crippen LogP contribution >= 0.6 is 0 Å². The smallest absolute Gasteiger partial charge is 0.322 e. The zero-order valence-corrected chi connectivity index (χ0v) is 13.9. The Hall–Kier alpha value is -1.89. The molecular formula is C16H24N4O3. The number of piperidine rings is 1. The van der Waals surface area contributed by atoms with Crippen LogP contribution in [0.3, 0.4) is 0 Å². The molecule has 0 unspecified atom stereocenters. The maximum Gasteiger partial charge on any atom is 0.322 e. The van der Waals surface area contributed by atoms with Crippen molar-refractivity contribution in [3.63, 3.8) is 0 Å². The fraction of sp³-hybridized carbons (Fsp3) is 0.688. The number of aromatic nitrogens is 1. The van der Waals surface area contributed by atoms with Crippen molar-refractivity contribution in [3.05, 3.63) is 17.8 Å². The molecule has 7 nitrogen and oxygen atoms in total. The Labute approximate surface area is 135 Å². The van der Waals surface area contributed by atoms with Gasteiger partial charge in [0.2, 0.25) is 5.89 Å². The van der Waals surface area contributed by atoms with Crippen LogP contribution in [0.1, 0.15) is 51.2 Å². The number of urea groups is 1. The van der Waals surface area contributed by atoms with Crippen LogP contribution < -0.4 is 10.6 Å². The Morgan fingerprint density at radius 1 is 1.48 bits per heavy atom. The number of hydrogen-bond donors (Lipinski definition) is 2. The number of oxazole rings is 1. The first kappa shape index (κ1) is 16.0. The number of carbonyl (C=O) groups is 2. The van der Waals surface area contributed by atoms with Gasteiger partial charge in [0.05, 0.1) is 12.7 Å². The van der Waals surface area contributed by atoms with Crippen molar-refractivity contribution in [2.75, 3.05) is 13.1 Å². The second-order valence-corrected chi connectivity index (χ2v) is 7.00. The van der Waals surface area contributed by atoms with Gasteiger partial charge in [-0.05, 0) is 26.3 Å². The molecule has 2 saturated heterocycles. The fourth-order valence-corrected chi connectivity index (χ4v) is 3.37. The predicted octanol–water partition coefficient (Wildman–Crippen LogP) is 1.61. The lowest BCUT2D eigenvalue weighted by Crippen LogP contribution is -2.55. The van der Waals surface area contributed by atoms with Gasteiger partial charge in [-0.3, -0.25) is 15.0 Å². The number of amides is 3. The summed E-state index contributed by atoms with van der Waals surface area (Å²) in [5, 5.41) is 5.13. The van der Waals surface area contributed by atoms with Crippen LogP contribution in [0, 0.1) is 5.92 Å². The summed E-state index contributed by atoms with van der Waals surface area (Å²) in [7, 11) is 0. The molecule has 3 heterocycles. The summed E-state index contributed by atoms with van der Waals surface area (Å²) in [5.41, 5.74) is -0.824. The molecule has 1 aromatic rings. The van der Waals surface area contributed by atoms with Crippen LogP contribution in [0.25, 0.3) is 0 Å². The van der Waals surface area contributed by atoms with Crippen LogP contribution in [0.15, 0.2) is 10.6 Å². The van der Waals surface area contributed by atoms with Crippen molar-refractivity contribution in [2.45, 2.75) is 51.6 Å².